The van der Waals surface area contributed by atoms with Crippen molar-refractivity contribution in [1.29, 1.82) is 0 Å². The molecule has 30 heavy (non-hydrogen) atoms. The number of halogens is 1. The maximum Gasteiger partial charge on any atom is 0.225 e. The fourth-order valence-corrected chi connectivity index (χ4v) is 4.84. The summed E-state index contributed by atoms with van der Waals surface area (Å²) in [7, 11) is 0. The summed E-state index contributed by atoms with van der Waals surface area (Å²) in [5.41, 5.74) is 4.48. The molecule has 0 saturated heterocycles. The SMILES string of the molecule is CCOc1cc(C2CC(=O)NC3=C2C(=O)CC(c2ccc(C)cc2)C3)cc(Br)c1O. The molecule has 0 bridgehead atoms. The van der Waals surface area contributed by atoms with E-state index in [1.807, 2.05) is 13.8 Å². The lowest BCUT2D eigenvalue weighted by Crippen LogP contribution is -2.38. The van der Waals surface area contributed by atoms with Crippen molar-refractivity contribution in [1.82, 2.24) is 5.32 Å². The third-order valence-electron chi connectivity index (χ3n) is 5.84. The Kier molecular flexibility index (Phi) is 5.69. The third-order valence-corrected chi connectivity index (χ3v) is 6.44. The molecule has 4 rings (SSSR count). The van der Waals surface area contributed by atoms with Crippen molar-refractivity contribution in [2.75, 3.05) is 6.61 Å². The Morgan fingerprint density at radius 2 is 1.83 bits per heavy atom. The summed E-state index contributed by atoms with van der Waals surface area (Å²) in [6, 6.07) is 11.7. The van der Waals surface area contributed by atoms with Crippen molar-refractivity contribution in [2.45, 2.75) is 44.9 Å². The van der Waals surface area contributed by atoms with Crippen LogP contribution in [0.2, 0.25) is 0 Å². The highest BCUT2D eigenvalue weighted by Gasteiger charge is 2.38. The van der Waals surface area contributed by atoms with Crippen LogP contribution >= 0.6 is 15.9 Å². The standard InChI is InChI=1S/C24H24BrNO4/c1-3-30-21-11-16(8-18(25)24(21)29)17-12-22(28)26-19-9-15(10-20(27)23(17)19)14-6-4-13(2)5-7-14/h4-8,11,15,17,29H,3,9-10,12H2,1-2H3,(H,26,28). The quantitative estimate of drug-likeness (QED) is 0.669. The van der Waals surface area contributed by atoms with Gasteiger partial charge in [0.05, 0.1) is 11.1 Å². The van der Waals surface area contributed by atoms with Crippen LogP contribution in [-0.2, 0) is 9.59 Å². The second-order valence-electron chi connectivity index (χ2n) is 7.92. The molecule has 2 aromatic carbocycles. The zero-order chi connectivity index (χ0) is 21.4. The molecule has 1 amide bonds. The van der Waals surface area contributed by atoms with Gasteiger partial charge >= 0.3 is 0 Å². The zero-order valence-corrected chi connectivity index (χ0v) is 18.6. The van der Waals surface area contributed by atoms with Crippen LogP contribution in [0, 0.1) is 6.92 Å². The summed E-state index contributed by atoms with van der Waals surface area (Å²) in [6.45, 7) is 4.28. The number of benzene rings is 2. The van der Waals surface area contributed by atoms with Crippen LogP contribution in [-0.4, -0.2) is 23.4 Å². The molecule has 2 N–H and O–H groups in total. The second-order valence-corrected chi connectivity index (χ2v) is 8.77. The van der Waals surface area contributed by atoms with Crippen LogP contribution in [0.15, 0.2) is 52.1 Å². The second kappa shape index (κ2) is 8.26. The molecule has 0 radical (unpaired) electrons. The molecule has 0 saturated carbocycles. The van der Waals surface area contributed by atoms with Crippen molar-refractivity contribution in [3.8, 4) is 11.5 Å². The number of Topliss-reactive ketones (excluding diaryl/α,β-unsaturated/α-hetero) is 1. The Bertz CT molecular complexity index is 1040. The number of ketones is 1. The molecular formula is C24H24BrNO4. The van der Waals surface area contributed by atoms with Gasteiger partial charge in [-0.1, -0.05) is 29.8 Å². The molecule has 5 nitrogen and oxygen atoms in total. The van der Waals surface area contributed by atoms with E-state index in [1.54, 1.807) is 12.1 Å². The van der Waals surface area contributed by atoms with E-state index in [-0.39, 0.29) is 35.7 Å². The monoisotopic (exact) mass is 469 g/mol. The van der Waals surface area contributed by atoms with Crippen LogP contribution in [0.4, 0.5) is 0 Å². The number of nitrogens with one attached hydrogen (secondary N) is 1. The predicted octanol–water partition coefficient (Wildman–Crippen LogP) is 4.87. The van der Waals surface area contributed by atoms with Crippen molar-refractivity contribution in [3.05, 3.63) is 68.8 Å². The van der Waals surface area contributed by atoms with Crippen LogP contribution in [0.1, 0.15) is 54.7 Å². The number of carbonyl (C=O) groups is 2. The Morgan fingerprint density at radius 1 is 1.10 bits per heavy atom. The first kappa shape index (κ1) is 20.7. The highest BCUT2D eigenvalue weighted by Crippen LogP contribution is 2.45. The molecule has 2 unspecified atom stereocenters. The number of allylic oxidation sites excluding steroid dienone is 2. The predicted molar refractivity (Wildman–Crippen MR) is 118 cm³/mol. The topological polar surface area (TPSA) is 75.6 Å². The van der Waals surface area contributed by atoms with E-state index >= 15 is 0 Å². The minimum absolute atomic E-state index is 0.0180. The van der Waals surface area contributed by atoms with Crippen molar-refractivity contribution in [3.63, 3.8) is 0 Å². The number of phenolic OH excluding ortho intramolecular Hbond substituents is 1. The summed E-state index contributed by atoms with van der Waals surface area (Å²) in [4.78, 5) is 25.7. The van der Waals surface area contributed by atoms with Gasteiger partial charge in [0, 0.05) is 30.0 Å². The van der Waals surface area contributed by atoms with Gasteiger partial charge in [-0.2, -0.15) is 0 Å². The van der Waals surface area contributed by atoms with Gasteiger partial charge in [-0.15, -0.1) is 0 Å². The van der Waals surface area contributed by atoms with Crippen LogP contribution in [0.5, 0.6) is 11.5 Å². The van der Waals surface area contributed by atoms with Gasteiger partial charge in [-0.3, -0.25) is 9.59 Å². The van der Waals surface area contributed by atoms with Crippen LogP contribution in [0.3, 0.4) is 0 Å². The average molecular weight is 470 g/mol. The number of amides is 1. The number of aromatic hydroxyl groups is 1. The van der Waals surface area contributed by atoms with E-state index in [9.17, 15) is 14.7 Å². The molecule has 1 heterocycles. The number of hydrogen-bond donors (Lipinski definition) is 2. The van der Waals surface area contributed by atoms with E-state index in [4.69, 9.17) is 4.74 Å². The van der Waals surface area contributed by atoms with Gasteiger partial charge in [0.15, 0.2) is 17.3 Å². The summed E-state index contributed by atoms with van der Waals surface area (Å²) in [5, 5.41) is 13.2. The summed E-state index contributed by atoms with van der Waals surface area (Å²) in [6.07, 6.45) is 1.25. The molecule has 0 aromatic heterocycles. The number of carbonyl (C=O) groups excluding carboxylic acids is 2. The summed E-state index contributed by atoms with van der Waals surface area (Å²) >= 11 is 3.37. The third kappa shape index (κ3) is 3.88. The van der Waals surface area contributed by atoms with E-state index in [1.165, 1.54) is 5.56 Å². The maximum atomic E-state index is 13.2. The number of phenols is 1. The molecule has 1 aliphatic carbocycles. The van der Waals surface area contributed by atoms with Crippen molar-refractivity contribution >= 4 is 27.6 Å². The molecule has 6 heteroatoms. The Hall–Kier alpha value is -2.60. The lowest BCUT2D eigenvalue weighted by Gasteiger charge is -2.34. The lowest BCUT2D eigenvalue weighted by molar-refractivity contribution is -0.122. The first-order chi connectivity index (χ1) is 14.4. The fourth-order valence-electron chi connectivity index (χ4n) is 4.38. The molecular weight excluding hydrogens is 446 g/mol. The van der Waals surface area contributed by atoms with Gasteiger partial charge in [0.1, 0.15) is 0 Å². The van der Waals surface area contributed by atoms with Crippen LogP contribution in [0.25, 0.3) is 0 Å². The van der Waals surface area contributed by atoms with E-state index in [0.29, 0.717) is 35.2 Å². The molecule has 1 aliphatic heterocycles. The van der Waals surface area contributed by atoms with Gasteiger partial charge in [0.25, 0.3) is 0 Å². The Labute approximate surface area is 184 Å². The zero-order valence-electron chi connectivity index (χ0n) is 17.0. The van der Waals surface area contributed by atoms with Crippen LogP contribution < -0.4 is 10.1 Å². The Balaban J connectivity index is 1.73. The highest BCUT2D eigenvalue weighted by molar-refractivity contribution is 9.10. The lowest BCUT2D eigenvalue weighted by atomic mass is 9.73. The van der Waals surface area contributed by atoms with Gasteiger partial charge < -0.3 is 15.2 Å². The minimum atomic E-state index is -0.351. The van der Waals surface area contributed by atoms with E-state index < -0.39 is 0 Å². The number of ether oxygens (including phenoxy) is 1. The molecule has 2 aliphatic rings. The molecule has 0 spiro atoms. The first-order valence-corrected chi connectivity index (χ1v) is 10.9. The largest absolute Gasteiger partial charge is 0.503 e. The van der Waals surface area contributed by atoms with Gasteiger partial charge in [-0.25, -0.2) is 0 Å². The molecule has 2 atom stereocenters. The van der Waals surface area contributed by atoms with E-state index in [0.717, 1.165) is 16.8 Å². The van der Waals surface area contributed by atoms with Gasteiger partial charge in [-0.05, 0) is 65.4 Å². The normalized spacial score (nSPS) is 21.3. The number of hydrogen-bond acceptors (Lipinski definition) is 4. The van der Waals surface area contributed by atoms with Gasteiger partial charge in [0.2, 0.25) is 5.91 Å². The molecule has 0 fully saturated rings. The number of rotatable bonds is 4. The Morgan fingerprint density at radius 3 is 2.53 bits per heavy atom. The van der Waals surface area contributed by atoms with Crippen molar-refractivity contribution in [2.24, 2.45) is 0 Å². The van der Waals surface area contributed by atoms with Crippen molar-refractivity contribution < 1.29 is 19.4 Å². The fraction of sp³-hybridized carbons (Fsp3) is 0.333. The first-order valence-electron chi connectivity index (χ1n) is 10.1. The molecule has 2 aromatic rings. The smallest absolute Gasteiger partial charge is 0.225 e. The maximum absolute atomic E-state index is 13.2. The average Bonchev–Trinajstić information content (AvgIpc) is 2.71. The molecule has 156 valence electrons. The highest BCUT2D eigenvalue weighted by atomic mass is 79.9. The number of aryl methyl sites for hydroxylation is 1. The summed E-state index contributed by atoms with van der Waals surface area (Å²) in [5.74, 6) is 0.0327. The summed E-state index contributed by atoms with van der Waals surface area (Å²) < 4.78 is 6.03. The van der Waals surface area contributed by atoms with E-state index in [2.05, 4.69) is 45.5 Å². The minimum Gasteiger partial charge on any atom is -0.503 e.